The van der Waals surface area contributed by atoms with Gasteiger partial charge in [-0.1, -0.05) is 50.2 Å². The van der Waals surface area contributed by atoms with E-state index in [1.807, 2.05) is 30.3 Å². The fraction of sp³-hybridized carbons (Fsp3) is 0.439. The second kappa shape index (κ2) is 20.8. The molecule has 16 nitrogen and oxygen atoms in total. The van der Waals surface area contributed by atoms with E-state index in [2.05, 4.69) is 85.0 Å². The first kappa shape index (κ1) is 50.6. The van der Waals surface area contributed by atoms with Crippen LogP contribution >= 0.6 is 0 Å². The van der Waals surface area contributed by atoms with Crippen molar-refractivity contribution in [2.45, 2.75) is 87.5 Å². The number of alkyl halides is 1. The molecule has 396 valence electrons. The lowest BCUT2D eigenvalue weighted by Crippen LogP contribution is -2.60. The number of anilines is 3. The molecule has 0 bridgehead atoms. The van der Waals surface area contributed by atoms with Crippen molar-refractivity contribution in [3.63, 3.8) is 0 Å². The molecule has 1 amide bonds. The lowest BCUT2D eigenvalue weighted by atomic mass is 9.59. The van der Waals surface area contributed by atoms with Crippen molar-refractivity contribution in [1.82, 2.24) is 24.5 Å². The topological polar surface area (TPSA) is 186 Å². The molecule has 4 fully saturated rings. The van der Waals surface area contributed by atoms with Crippen molar-refractivity contribution < 1.29 is 41.3 Å². The van der Waals surface area contributed by atoms with E-state index in [-0.39, 0.29) is 77.1 Å². The number of piperidine rings is 1. The van der Waals surface area contributed by atoms with Gasteiger partial charge in [0.1, 0.15) is 52.4 Å². The number of rotatable bonds is 15. The molecular weight excluding hydrogens is 976 g/mol. The van der Waals surface area contributed by atoms with Crippen LogP contribution in [0.4, 0.5) is 21.5 Å². The number of nitrogens with zero attached hydrogens (tertiary/aromatic N) is 4. The third kappa shape index (κ3) is 10.5. The molecule has 1 aliphatic carbocycles. The van der Waals surface area contributed by atoms with Crippen LogP contribution in [0.1, 0.15) is 91.4 Å². The lowest BCUT2D eigenvalue weighted by Gasteiger charge is -2.58. The molecule has 5 N–H and O–H groups in total. The number of piperazine rings is 1. The van der Waals surface area contributed by atoms with Crippen LogP contribution in [0, 0.1) is 5.41 Å². The third-order valence-electron chi connectivity index (χ3n) is 16.2. The number of hydrogen-bond acceptors (Lipinski definition) is 14. The fourth-order valence-corrected chi connectivity index (χ4v) is 13.1. The summed E-state index contributed by atoms with van der Waals surface area (Å²) >= 11 is 0. The summed E-state index contributed by atoms with van der Waals surface area (Å²) in [6.45, 7) is 10.8. The molecular formula is C57H67FN8O8S. The summed E-state index contributed by atoms with van der Waals surface area (Å²) in [7, 11) is -2.93. The maximum Gasteiger partial charge on any atom is 0.268 e. The van der Waals surface area contributed by atoms with Crippen LogP contribution in [-0.2, 0) is 21.3 Å². The van der Waals surface area contributed by atoms with Crippen molar-refractivity contribution in [3.05, 3.63) is 120 Å². The number of nitrogen functional groups attached to an aromatic ring is 1. The molecule has 6 heterocycles. The van der Waals surface area contributed by atoms with E-state index in [9.17, 15) is 13.2 Å². The predicted octanol–water partition coefficient (Wildman–Crippen LogP) is 9.20. The van der Waals surface area contributed by atoms with Crippen LogP contribution in [0.2, 0.25) is 0 Å². The maximum atomic E-state index is 15.6. The minimum absolute atomic E-state index is 0.00787. The number of carbonyl (C=O) groups excluding carboxylic acids is 1. The quantitative estimate of drug-likeness (QED) is 0.0714. The average molecular weight is 1040 g/mol. The third-order valence-corrected chi connectivity index (χ3v) is 17.5. The standard InChI is InChI=1S/C57H67FN8O8S/c1-37(2)44-6-4-5-7-45(44)48-35-64(34-38-8-11-42(70-3)12-9-38)22-23-66(48)41-31-56(32-41)15-20-65(21-16-56)40-10-13-46(49(29-40)74-43-28-39-14-19-60-54(39)61-33-43)55(67)63-75(68,69)50-30-47(59)51(53-52(50)72-26-27-73-53)62-36-57(58)17-24-71-25-18-57/h4-14,19,28-30,33,37,41,48,62H,15-18,20-27,31-32,34-36,59H2,1-3H3,(H,60,61)(H,63,67)/t48-/m0/s1. The molecule has 18 heteroatoms. The molecule has 0 radical (unpaired) electrons. The van der Waals surface area contributed by atoms with Crippen LogP contribution in [-0.4, -0.2) is 119 Å². The number of aromatic nitrogens is 2. The number of ether oxygens (including phenoxy) is 5. The first-order valence-corrected chi connectivity index (χ1v) is 27.7. The van der Waals surface area contributed by atoms with Crippen molar-refractivity contribution >= 4 is 44.0 Å². The molecule has 0 unspecified atom stereocenters. The van der Waals surface area contributed by atoms with Gasteiger partial charge in [-0.15, -0.1) is 0 Å². The Morgan fingerprint density at radius 1 is 0.907 bits per heavy atom. The van der Waals surface area contributed by atoms with Crippen molar-refractivity contribution in [1.29, 1.82) is 0 Å². The molecule has 3 saturated heterocycles. The van der Waals surface area contributed by atoms with Crippen LogP contribution in [0.3, 0.4) is 0 Å². The number of aromatic amines is 1. The summed E-state index contributed by atoms with van der Waals surface area (Å²) in [6, 6.07) is 28.4. The number of carbonyl (C=O) groups is 1. The van der Waals surface area contributed by atoms with E-state index in [1.165, 1.54) is 22.8 Å². The molecule has 6 aromatic rings. The van der Waals surface area contributed by atoms with Crippen LogP contribution < -0.4 is 39.6 Å². The number of hydrogen-bond donors (Lipinski definition) is 4. The molecule has 5 aliphatic rings. The Bertz CT molecular complexity index is 3150. The van der Waals surface area contributed by atoms with Gasteiger partial charge >= 0.3 is 0 Å². The maximum absolute atomic E-state index is 15.6. The molecule has 1 spiro atoms. The van der Waals surface area contributed by atoms with Gasteiger partial charge in [0, 0.05) is 107 Å². The number of amides is 1. The highest BCUT2D eigenvalue weighted by Gasteiger charge is 2.50. The minimum atomic E-state index is -4.64. The monoisotopic (exact) mass is 1040 g/mol. The van der Waals surface area contributed by atoms with E-state index in [0.29, 0.717) is 42.6 Å². The van der Waals surface area contributed by atoms with Gasteiger partial charge in [-0.25, -0.2) is 22.5 Å². The van der Waals surface area contributed by atoms with Crippen LogP contribution in [0.15, 0.2) is 102 Å². The highest BCUT2D eigenvalue weighted by molar-refractivity contribution is 7.90. The van der Waals surface area contributed by atoms with Crippen molar-refractivity contribution in [2.75, 3.05) is 88.8 Å². The number of halogens is 1. The normalized spacial score (nSPS) is 20.0. The summed E-state index contributed by atoms with van der Waals surface area (Å²) in [5.41, 5.74) is 11.0. The summed E-state index contributed by atoms with van der Waals surface area (Å²) < 4.78 is 75.4. The van der Waals surface area contributed by atoms with E-state index < -0.39 is 21.6 Å². The number of fused-ring (bicyclic) bond motifs is 2. The first-order chi connectivity index (χ1) is 36.3. The fourth-order valence-electron chi connectivity index (χ4n) is 11.9. The van der Waals surface area contributed by atoms with E-state index >= 15 is 4.39 Å². The molecule has 1 atom stereocenters. The van der Waals surface area contributed by atoms with Gasteiger partial charge in [-0.3, -0.25) is 14.6 Å². The van der Waals surface area contributed by atoms with Gasteiger partial charge in [-0.05, 0) is 96.2 Å². The zero-order valence-electron chi connectivity index (χ0n) is 42.9. The number of pyridine rings is 1. The van der Waals surface area contributed by atoms with Gasteiger partial charge in [0.25, 0.3) is 15.9 Å². The average Bonchev–Trinajstić information content (AvgIpc) is 3.88. The van der Waals surface area contributed by atoms with E-state index in [4.69, 9.17) is 29.4 Å². The van der Waals surface area contributed by atoms with Crippen molar-refractivity contribution in [3.8, 4) is 28.7 Å². The Labute approximate surface area is 438 Å². The number of H-pyrrole nitrogens is 1. The van der Waals surface area contributed by atoms with Gasteiger partial charge in [0.2, 0.25) is 0 Å². The Hall–Kier alpha value is -6.60. The first-order valence-electron chi connectivity index (χ1n) is 26.3. The number of methoxy groups -OCH3 is 1. The summed E-state index contributed by atoms with van der Waals surface area (Å²) in [4.78, 5) is 29.3. The Balaban J connectivity index is 0.800. The van der Waals surface area contributed by atoms with E-state index in [1.54, 1.807) is 31.6 Å². The highest BCUT2D eigenvalue weighted by atomic mass is 32.2. The van der Waals surface area contributed by atoms with Crippen LogP contribution in [0.5, 0.6) is 28.7 Å². The molecule has 4 aliphatic heterocycles. The molecule has 1 saturated carbocycles. The largest absolute Gasteiger partial charge is 0.497 e. The Kier molecular flexibility index (Phi) is 14.0. The number of nitrogens with two attached hydrogens (primary N) is 1. The minimum Gasteiger partial charge on any atom is -0.497 e. The zero-order valence-corrected chi connectivity index (χ0v) is 43.7. The summed E-state index contributed by atoms with van der Waals surface area (Å²) in [6.07, 6.45) is 8.08. The van der Waals surface area contributed by atoms with Crippen LogP contribution in [0.25, 0.3) is 11.0 Å². The smallest absolute Gasteiger partial charge is 0.268 e. The van der Waals surface area contributed by atoms with E-state index in [0.717, 1.165) is 81.8 Å². The second-order valence-corrected chi connectivity index (χ2v) is 22.9. The summed E-state index contributed by atoms with van der Waals surface area (Å²) in [5.74, 6) is 0.799. The van der Waals surface area contributed by atoms with Gasteiger partial charge in [-0.2, -0.15) is 0 Å². The lowest BCUT2D eigenvalue weighted by molar-refractivity contribution is -0.0628. The predicted molar refractivity (Wildman–Crippen MR) is 287 cm³/mol. The Morgan fingerprint density at radius 2 is 1.67 bits per heavy atom. The molecule has 75 heavy (non-hydrogen) atoms. The number of sulfonamides is 1. The second-order valence-electron chi connectivity index (χ2n) is 21.3. The Morgan fingerprint density at radius 3 is 2.43 bits per heavy atom. The number of nitrogens with one attached hydrogen (secondary N) is 3. The number of benzene rings is 4. The SMILES string of the molecule is COc1ccc(CN2CCN(C3CC4(CCN(c5ccc(C(=O)NS(=O)(=O)c6cc(N)c(NCC7(F)CCOCC7)c7c6OCCO7)c(Oc6cnc7[nH]ccc7c6)c5)CC4)C3)[C@H](c3ccccc3C(C)C)C2)cc1. The summed E-state index contributed by atoms with van der Waals surface area (Å²) in [5, 5.41) is 3.85. The highest BCUT2D eigenvalue weighted by Crippen LogP contribution is 2.54. The van der Waals surface area contributed by atoms with Gasteiger partial charge in [0.05, 0.1) is 24.6 Å². The molecule has 2 aromatic heterocycles. The molecule has 11 rings (SSSR count). The van der Waals surface area contributed by atoms with Gasteiger partial charge in [0.15, 0.2) is 11.5 Å². The van der Waals surface area contributed by atoms with Gasteiger partial charge < -0.3 is 44.6 Å². The molecule has 4 aromatic carbocycles. The van der Waals surface area contributed by atoms with Crippen molar-refractivity contribution in [2.24, 2.45) is 5.41 Å². The zero-order chi connectivity index (χ0) is 51.9.